The summed E-state index contributed by atoms with van der Waals surface area (Å²) in [5.74, 6) is 0.336. The van der Waals surface area contributed by atoms with Crippen molar-refractivity contribution in [3.05, 3.63) is 6.33 Å². The van der Waals surface area contributed by atoms with Crippen LogP contribution in [0.1, 0.15) is 27.2 Å². The van der Waals surface area contributed by atoms with Gasteiger partial charge in [0.05, 0.1) is 0 Å². The van der Waals surface area contributed by atoms with E-state index in [2.05, 4.69) is 34.7 Å². The lowest BCUT2D eigenvalue weighted by Crippen LogP contribution is -2.53. The number of aromatic nitrogens is 4. The van der Waals surface area contributed by atoms with Crippen molar-refractivity contribution in [3.8, 4) is 0 Å². The number of nitrogens with two attached hydrogens (primary N) is 1. The van der Waals surface area contributed by atoms with Gasteiger partial charge in [0.25, 0.3) is 0 Å². The Morgan fingerprint density at radius 2 is 2.29 bits per heavy atom. The summed E-state index contributed by atoms with van der Waals surface area (Å²) < 4.78 is 1.38. The van der Waals surface area contributed by atoms with Crippen LogP contribution in [0.4, 0.5) is 0 Å². The van der Waals surface area contributed by atoms with E-state index in [4.69, 9.17) is 5.73 Å². The molecule has 0 aliphatic rings. The third kappa shape index (κ3) is 4.48. The molecule has 1 aromatic heterocycles. The van der Waals surface area contributed by atoms with E-state index in [9.17, 15) is 4.79 Å². The van der Waals surface area contributed by atoms with E-state index in [0.717, 1.165) is 6.42 Å². The monoisotopic (exact) mass is 240 g/mol. The number of tetrazole rings is 1. The number of hydrogen-bond donors (Lipinski definition) is 2. The van der Waals surface area contributed by atoms with Gasteiger partial charge in [-0.05, 0) is 29.7 Å². The smallest absolute Gasteiger partial charge is 0.242 e. The summed E-state index contributed by atoms with van der Waals surface area (Å²) in [4.78, 5) is 11.8. The summed E-state index contributed by atoms with van der Waals surface area (Å²) in [6.07, 6.45) is 2.24. The Morgan fingerprint density at radius 1 is 1.59 bits per heavy atom. The van der Waals surface area contributed by atoms with Gasteiger partial charge in [0, 0.05) is 12.1 Å². The van der Waals surface area contributed by atoms with Crippen LogP contribution in [0.5, 0.6) is 0 Å². The summed E-state index contributed by atoms with van der Waals surface area (Å²) in [5, 5.41) is 13.5. The van der Waals surface area contributed by atoms with Crippen LogP contribution >= 0.6 is 0 Å². The lowest BCUT2D eigenvalue weighted by atomic mass is 9.91. The van der Waals surface area contributed by atoms with Gasteiger partial charge in [-0.2, -0.15) is 0 Å². The van der Waals surface area contributed by atoms with Crippen molar-refractivity contribution in [1.82, 2.24) is 25.5 Å². The van der Waals surface area contributed by atoms with E-state index in [-0.39, 0.29) is 18.0 Å². The summed E-state index contributed by atoms with van der Waals surface area (Å²) in [6.45, 7) is 6.67. The number of rotatable bonds is 6. The van der Waals surface area contributed by atoms with Gasteiger partial charge in [-0.1, -0.05) is 13.8 Å². The number of nitrogens with zero attached hydrogens (tertiary/aromatic N) is 4. The van der Waals surface area contributed by atoms with Crippen LogP contribution in [0.25, 0.3) is 0 Å². The standard InChI is InChI=1S/C10H20N6O/c1-8(2)4-10(3,6-11)13-9(17)5-16-7-12-14-15-16/h7-8H,4-6,11H2,1-3H3,(H,13,17). The molecule has 0 spiro atoms. The largest absolute Gasteiger partial charge is 0.348 e. The van der Waals surface area contributed by atoms with Crippen molar-refractivity contribution < 1.29 is 4.79 Å². The number of carbonyl (C=O) groups is 1. The highest BCUT2D eigenvalue weighted by Crippen LogP contribution is 2.15. The van der Waals surface area contributed by atoms with E-state index in [1.165, 1.54) is 11.0 Å². The molecule has 7 heteroatoms. The first kappa shape index (κ1) is 13.6. The fourth-order valence-electron chi connectivity index (χ4n) is 1.86. The van der Waals surface area contributed by atoms with Gasteiger partial charge in [0.1, 0.15) is 12.9 Å². The maximum atomic E-state index is 11.8. The van der Waals surface area contributed by atoms with Crippen LogP contribution < -0.4 is 11.1 Å². The third-order valence-electron chi connectivity index (χ3n) is 2.45. The molecule has 0 radical (unpaired) electrons. The highest BCUT2D eigenvalue weighted by molar-refractivity contribution is 5.76. The maximum absolute atomic E-state index is 11.8. The summed E-state index contributed by atoms with van der Waals surface area (Å²) in [6, 6.07) is 0. The molecule has 1 atom stereocenters. The fraction of sp³-hybridized carbons (Fsp3) is 0.800. The molecular formula is C10H20N6O. The van der Waals surface area contributed by atoms with Crippen molar-refractivity contribution in [2.45, 2.75) is 39.3 Å². The molecule has 1 heterocycles. The topological polar surface area (TPSA) is 98.7 Å². The number of nitrogens with one attached hydrogen (secondary N) is 1. The highest BCUT2D eigenvalue weighted by Gasteiger charge is 2.25. The van der Waals surface area contributed by atoms with E-state index >= 15 is 0 Å². The second-order valence-corrected chi connectivity index (χ2v) is 4.92. The summed E-state index contributed by atoms with van der Waals surface area (Å²) in [5.41, 5.74) is 5.34. The molecule has 1 rings (SSSR count). The van der Waals surface area contributed by atoms with E-state index in [1.54, 1.807) is 0 Å². The summed E-state index contributed by atoms with van der Waals surface area (Å²) in [7, 11) is 0. The molecule has 0 aromatic carbocycles. The van der Waals surface area contributed by atoms with E-state index in [0.29, 0.717) is 12.5 Å². The minimum atomic E-state index is -0.376. The molecule has 0 bridgehead atoms. The zero-order valence-electron chi connectivity index (χ0n) is 10.6. The maximum Gasteiger partial charge on any atom is 0.242 e. The predicted octanol–water partition coefficient (Wildman–Crippen LogP) is -0.447. The first-order chi connectivity index (χ1) is 7.95. The Kier molecular flexibility index (Phi) is 4.56. The Morgan fingerprint density at radius 3 is 2.76 bits per heavy atom. The average molecular weight is 240 g/mol. The van der Waals surface area contributed by atoms with Gasteiger partial charge in [-0.25, -0.2) is 4.68 Å². The van der Waals surface area contributed by atoms with E-state index < -0.39 is 0 Å². The van der Waals surface area contributed by atoms with Gasteiger partial charge in [-0.15, -0.1) is 5.10 Å². The lowest BCUT2D eigenvalue weighted by molar-refractivity contribution is -0.123. The molecular weight excluding hydrogens is 220 g/mol. The quantitative estimate of drug-likeness (QED) is 0.702. The van der Waals surface area contributed by atoms with Crippen LogP contribution in [0.3, 0.4) is 0 Å². The minimum Gasteiger partial charge on any atom is -0.348 e. The van der Waals surface area contributed by atoms with Crippen molar-refractivity contribution in [2.75, 3.05) is 6.54 Å². The zero-order valence-corrected chi connectivity index (χ0v) is 10.6. The highest BCUT2D eigenvalue weighted by atomic mass is 16.2. The number of hydrogen-bond acceptors (Lipinski definition) is 5. The van der Waals surface area contributed by atoms with Crippen LogP contribution in [0, 0.1) is 5.92 Å². The van der Waals surface area contributed by atoms with Crippen molar-refractivity contribution in [1.29, 1.82) is 0 Å². The average Bonchev–Trinajstić information content (AvgIpc) is 2.68. The SMILES string of the molecule is CC(C)CC(C)(CN)NC(=O)Cn1cnnn1. The van der Waals surface area contributed by atoms with Gasteiger partial charge >= 0.3 is 0 Å². The Balaban J connectivity index is 2.53. The molecule has 0 saturated heterocycles. The molecule has 0 aliphatic carbocycles. The molecule has 0 fully saturated rings. The van der Waals surface area contributed by atoms with Crippen LogP contribution in [-0.2, 0) is 11.3 Å². The lowest BCUT2D eigenvalue weighted by Gasteiger charge is -2.31. The third-order valence-corrected chi connectivity index (χ3v) is 2.45. The number of carbonyl (C=O) groups excluding carboxylic acids is 1. The first-order valence-corrected chi connectivity index (χ1v) is 5.67. The van der Waals surface area contributed by atoms with Crippen molar-refractivity contribution in [3.63, 3.8) is 0 Å². The van der Waals surface area contributed by atoms with Crippen LogP contribution in [0.15, 0.2) is 6.33 Å². The molecule has 1 amide bonds. The van der Waals surface area contributed by atoms with Gasteiger partial charge < -0.3 is 11.1 Å². The summed E-state index contributed by atoms with van der Waals surface area (Å²) >= 11 is 0. The molecule has 1 unspecified atom stereocenters. The molecule has 1 aromatic rings. The van der Waals surface area contributed by atoms with Gasteiger partial charge in [-0.3, -0.25) is 4.79 Å². The molecule has 0 saturated carbocycles. The molecule has 7 nitrogen and oxygen atoms in total. The Labute approximate surface area is 101 Å². The predicted molar refractivity (Wildman–Crippen MR) is 62.9 cm³/mol. The second-order valence-electron chi connectivity index (χ2n) is 4.92. The van der Waals surface area contributed by atoms with Crippen molar-refractivity contribution >= 4 is 5.91 Å². The second kappa shape index (κ2) is 5.72. The number of amides is 1. The van der Waals surface area contributed by atoms with Crippen LogP contribution in [0.2, 0.25) is 0 Å². The Bertz CT molecular complexity index is 350. The zero-order chi connectivity index (χ0) is 12.9. The normalized spacial score (nSPS) is 14.6. The molecule has 3 N–H and O–H groups in total. The minimum absolute atomic E-state index is 0.112. The van der Waals surface area contributed by atoms with Crippen molar-refractivity contribution in [2.24, 2.45) is 11.7 Å². The molecule has 96 valence electrons. The fourth-order valence-corrected chi connectivity index (χ4v) is 1.86. The van der Waals surface area contributed by atoms with Gasteiger partial charge in [0.15, 0.2) is 0 Å². The van der Waals surface area contributed by atoms with Crippen LogP contribution in [-0.4, -0.2) is 38.2 Å². The Hall–Kier alpha value is -1.50. The molecule has 0 aliphatic heterocycles. The molecule has 17 heavy (non-hydrogen) atoms. The van der Waals surface area contributed by atoms with Gasteiger partial charge in [0.2, 0.25) is 5.91 Å². The van der Waals surface area contributed by atoms with E-state index in [1.807, 2.05) is 6.92 Å². The first-order valence-electron chi connectivity index (χ1n) is 5.67.